The fourth-order valence-corrected chi connectivity index (χ4v) is 3.64. The molecule has 4 nitrogen and oxygen atoms in total. The molecule has 4 aliphatic rings. The molecule has 4 fully saturated rings. The van der Waals surface area contributed by atoms with Crippen molar-refractivity contribution in [2.45, 2.75) is 116 Å². The Kier molecular flexibility index (Phi) is 11.9. The van der Waals surface area contributed by atoms with Gasteiger partial charge in [0.25, 0.3) is 0 Å². The van der Waals surface area contributed by atoms with Gasteiger partial charge in [-0.25, -0.2) is 0 Å². The lowest BCUT2D eigenvalue weighted by Gasteiger charge is -2.17. The third-order valence-corrected chi connectivity index (χ3v) is 5.69. The fourth-order valence-electron chi connectivity index (χ4n) is 3.64. The van der Waals surface area contributed by atoms with Crippen LogP contribution in [0.3, 0.4) is 0 Å². The first-order chi connectivity index (χ1) is 13.3. The van der Waals surface area contributed by atoms with Crippen LogP contribution in [-0.4, -0.2) is 50.8 Å². The molecule has 4 rings (SSSR count). The molecule has 4 heteroatoms. The van der Waals surface area contributed by atoms with Gasteiger partial charge < -0.3 is 18.9 Å². The standard InChI is InChI=1S/C9H16O.C7H14O2.C7H14O/c1-2-3-7-4-5-8-9(6-7)10-8;1-2-3-4-8-5-7-6-9-7;1-2-3-4-5-7-6-8-7/h7-9H,2-6H2,1H3;7H,2-6H2,1H3;7H,2-6H2,1H3. The Hall–Kier alpha value is -0.160. The maximum Gasteiger partial charge on any atom is 0.104 e. The maximum atomic E-state index is 5.45. The van der Waals surface area contributed by atoms with E-state index in [0.29, 0.717) is 24.4 Å². The van der Waals surface area contributed by atoms with Gasteiger partial charge in [0.2, 0.25) is 0 Å². The van der Waals surface area contributed by atoms with Crippen molar-refractivity contribution in [3.63, 3.8) is 0 Å². The molecule has 0 radical (unpaired) electrons. The first-order valence-electron chi connectivity index (χ1n) is 11.7. The number of epoxide rings is 3. The molecular formula is C23H44O4. The van der Waals surface area contributed by atoms with E-state index in [1.165, 1.54) is 70.6 Å². The lowest BCUT2D eigenvalue weighted by molar-refractivity contribution is 0.114. The van der Waals surface area contributed by atoms with E-state index in [2.05, 4.69) is 20.8 Å². The average Bonchev–Trinajstić information content (AvgIpc) is 3.54. The van der Waals surface area contributed by atoms with Crippen molar-refractivity contribution in [2.75, 3.05) is 26.4 Å². The van der Waals surface area contributed by atoms with Crippen molar-refractivity contribution >= 4 is 0 Å². The van der Waals surface area contributed by atoms with Gasteiger partial charge in [-0.15, -0.1) is 0 Å². The highest BCUT2D eigenvalue weighted by Crippen LogP contribution is 2.40. The van der Waals surface area contributed by atoms with Crippen molar-refractivity contribution in [2.24, 2.45) is 5.92 Å². The van der Waals surface area contributed by atoms with Gasteiger partial charge in [-0.3, -0.25) is 0 Å². The van der Waals surface area contributed by atoms with Crippen LogP contribution in [0.1, 0.15) is 91.4 Å². The quantitative estimate of drug-likeness (QED) is 0.347. The summed E-state index contributed by atoms with van der Waals surface area (Å²) in [5, 5.41) is 0. The van der Waals surface area contributed by atoms with Crippen LogP contribution in [0.4, 0.5) is 0 Å². The van der Waals surface area contributed by atoms with Gasteiger partial charge >= 0.3 is 0 Å². The first kappa shape index (κ1) is 23.1. The van der Waals surface area contributed by atoms with Crippen molar-refractivity contribution in [1.29, 1.82) is 0 Å². The number of rotatable bonds is 11. The summed E-state index contributed by atoms with van der Waals surface area (Å²) in [6, 6.07) is 0. The van der Waals surface area contributed by atoms with Crippen LogP contribution in [0.25, 0.3) is 0 Å². The van der Waals surface area contributed by atoms with E-state index in [1.807, 2.05) is 0 Å². The highest BCUT2D eigenvalue weighted by molar-refractivity contribution is 4.91. The third-order valence-electron chi connectivity index (χ3n) is 5.69. The normalized spacial score (nSPS) is 32.3. The van der Waals surface area contributed by atoms with E-state index in [-0.39, 0.29) is 0 Å². The molecule has 5 unspecified atom stereocenters. The van der Waals surface area contributed by atoms with Gasteiger partial charge in [0.15, 0.2) is 0 Å². The Bertz CT molecular complexity index is 354. The average molecular weight is 385 g/mol. The summed E-state index contributed by atoms with van der Waals surface area (Å²) < 4.78 is 20.7. The molecule has 3 saturated heterocycles. The largest absolute Gasteiger partial charge is 0.379 e. The summed E-state index contributed by atoms with van der Waals surface area (Å²) in [4.78, 5) is 0. The zero-order valence-corrected chi connectivity index (χ0v) is 18.1. The van der Waals surface area contributed by atoms with E-state index in [1.54, 1.807) is 0 Å². The molecule has 3 aliphatic heterocycles. The first-order valence-corrected chi connectivity index (χ1v) is 11.7. The van der Waals surface area contributed by atoms with Crippen LogP contribution in [0.2, 0.25) is 0 Å². The number of ether oxygens (including phenoxy) is 4. The monoisotopic (exact) mass is 384 g/mol. The van der Waals surface area contributed by atoms with Crippen molar-refractivity contribution in [3.8, 4) is 0 Å². The van der Waals surface area contributed by atoms with Gasteiger partial charge in [0.1, 0.15) is 6.10 Å². The van der Waals surface area contributed by atoms with E-state index in [4.69, 9.17) is 18.9 Å². The van der Waals surface area contributed by atoms with E-state index < -0.39 is 0 Å². The predicted molar refractivity (Wildman–Crippen MR) is 110 cm³/mol. The van der Waals surface area contributed by atoms with E-state index >= 15 is 0 Å². The molecule has 160 valence electrons. The maximum absolute atomic E-state index is 5.45. The molecule has 0 aromatic carbocycles. The molecule has 0 bridgehead atoms. The van der Waals surface area contributed by atoms with Gasteiger partial charge in [0.05, 0.1) is 38.1 Å². The van der Waals surface area contributed by atoms with Crippen LogP contribution >= 0.6 is 0 Å². The summed E-state index contributed by atoms with van der Waals surface area (Å²) in [5.41, 5.74) is 0. The summed E-state index contributed by atoms with van der Waals surface area (Å²) >= 11 is 0. The molecule has 1 saturated carbocycles. The smallest absolute Gasteiger partial charge is 0.104 e. The second-order valence-electron chi connectivity index (χ2n) is 8.52. The van der Waals surface area contributed by atoms with Crippen molar-refractivity contribution in [3.05, 3.63) is 0 Å². The Morgan fingerprint density at radius 2 is 1.52 bits per heavy atom. The van der Waals surface area contributed by atoms with Gasteiger partial charge in [-0.2, -0.15) is 0 Å². The second-order valence-corrected chi connectivity index (χ2v) is 8.52. The highest BCUT2D eigenvalue weighted by Gasteiger charge is 2.43. The summed E-state index contributed by atoms with van der Waals surface area (Å²) in [6.45, 7) is 10.3. The van der Waals surface area contributed by atoms with Crippen LogP contribution < -0.4 is 0 Å². The minimum Gasteiger partial charge on any atom is -0.379 e. The molecular weight excluding hydrogens is 340 g/mol. The van der Waals surface area contributed by atoms with Crippen LogP contribution in [0, 0.1) is 5.92 Å². The molecule has 3 heterocycles. The Balaban J connectivity index is 0.000000146. The molecule has 1 aliphatic carbocycles. The zero-order valence-electron chi connectivity index (χ0n) is 18.1. The Morgan fingerprint density at radius 1 is 0.778 bits per heavy atom. The summed E-state index contributed by atoms with van der Waals surface area (Å²) in [5.74, 6) is 0.994. The van der Waals surface area contributed by atoms with Crippen LogP contribution in [0.5, 0.6) is 0 Å². The van der Waals surface area contributed by atoms with Crippen molar-refractivity contribution < 1.29 is 18.9 Å². The molecule has 0 amide bonds. The molecule has 27 heavy (non-hydrogen) atoms. The molecule has 0 aromatic heterocycles. The fraction of sp³-hybridized carbons (Fsp3) is 1.00. The SMILES string of the molecule is CCCC1CCC2OC2C1.CCCCCC1CO1.CCCCOCC1CO1. The predicted octanol–water partition coefficient (Wildman–Crippen LogP) is 5.52. The third kappa shape index (κ3) is 12.1. The molecule has 0 aromatic rings. The molecule has 0 spiro atoms. The number of hydrogen-bond donors (Lipinski definition) is 0. The number of fused-ring (bicyclic) bond motifs is 1. The van der Waals surface area contributed by atoms with Crippen molar-refractivity contribution in [1.82, 2.24) is 0 Å². The topological polar surface area (TPSA) is 46.8 Å². The van der Waals surface area contributed by atoms with E-state index in [0.717, 1.165) is 32.3 Å². The van der Waals surface area contributed by atoms with Crippen LogP contribution in [0.15, 0.2) is 0 Å². The summed E-state index contributed by atoms with van der Waals surface area (Å²) in [6.07, 6.45) is 17.1. The molecule has 5 atom stereocenters. The second kappa shape index (κ2) is 13.9. The highest BCUT2D eigenvalue weighted by atomic mass is 16.6. The van der Waals surface area contributed by atoms with Gasteiger partial charge in [-0.1, -0.05) is 59.3 Å². The Morgan fingerprint density at radius 3 is 2.11 bits per heavy atom. The lowest BCUT2D eigenvalue weighted by Crippen LogP contribution is -2.12. The van der Waals surface area contributed by atoms with Gasteiger partial charge in [0, 0.05) is 6.61 Å². The minimum atomic E-state index is 0.432. The Labute approximate surface area is 167 Å². The number of unbranched alkanes of at least 4 members (excludes halogenated alkanes) is 3. The number of hydrogen-bond acceptors (Lipinski definition) is 4. The minimum absolute atomic E-state index is 0.432. The van der Waals surface area contributed by atoms with Gasteiger partial charge in [-0.05, 0) is 38.0 Å². The zero-order chi connectivity index (χ0) is 19.3. The summed E-state index contributed by atoms with van der Waals surface area (Å²) in [7, 11) is 0. The lowest BCUT2D eigenvalue weighted by atomic mass is 9.86. The van der Waals surface area contributed by atoms with E-state index in [9.17, 15) is 0 Å². The van der Waals surface area contributed by atoms with Crippen LogP contribution in [-0.2, 0) is 18.9 Å². The molecule has 0 N–H and O–H groups in total.